The van der Waals surface area contributed by atoms with Crippen molar-refractivity contribution in [3.05, 3.63) is 41.4 Å². The molecular formula is C19H22NO6. The van der Waals surface area contributed by atoms with Crippen LogP contribution in [0.5, 0.6) is 0 Å². The highest BCUT2D eigenvalue weighted by Gasteiger charge is 2.43. The van der Waals surface area contributed by atoms with Crippen molar-refractivity contribution in [3.8, 4) is 0 Å². The molecule has 1 atom stereocenters. The number of carbonyl (C=O) groups excluding carboxylic acids is 4. The van der Waals surface area contributed by atoms with Crippen LogP contribution in [0.1, 0.15) is 54.8 Å². The maximum Gasteiger partial charge on any atom is 0.319 e. The van der Waals surface area contributed by atoms with E-state index in [0.717, 1.165) is 0 Å². The monoisotopic (exact) mass is 360 g/mol. The first-order valence-corrected chi connectivity index (χ1v) is 8.33. The molecule has 1 aliphatic rings. The lowest BCUT2D eigenvalue weighted by Crippen LogP contribution is -2.40. The molecule has 0 spiro atoms. The number of hydrogen-bond donors (Lipinski definition) is 1. The highest BCUT2D eigenvalue weighted by atomic mass is 16.6. The zero-order chi connectivity index (χ0) is 19.5. The molecule has 0 aromatic heterocycles. The Bertz CT molecular complexity index is 734. The maximum atomic E-state index is 12.9. The van der Waals surface area contributed by atoms with E-state index >= 15 is 0 Å². The number of amides is 1. The lowest BCUT2D eigenvalue weighted by molar-refractivity contribution is -0.154. The van der Waals surface area contributed by atoms with Crippen molar-refractivity contribution in [1.29, 1.82) is 0 Å². The first-order chi connectivity index (χ1) is 12.1. The Morgan fingerprint density at radius 3 is 2.31 bits per heavy atom. The number of benzene rings is 1. The van der Waals surface area contributed by atoms with Gasteiger partial charge in [0.15, 0.2) is 5.78 Å². The second kappa shape index (κ2) is 7.68. The fourth-order valence-electron chi connectivity index (χ4n) is 2.65. The molecule has 1 N–H and O–H groups in total. The van der Waals surface area contributed by atoms with Crippen molar-refractivity contribution in [3.63, 3.8) is 0 Å². The number of rotatable bonds is 4. The molecule has 0 saturated heterocycles. The molecule has 139 valence electrons. The lowest BCUT2D eigenvalue weighted by atomic mass is 9.89. The molecule has 0 saturated carbocycles. The predicted octanol–water partition coefficient (Wildman–Crippen LogP) is 2.06. The minimum Gasteiger partial charge on any atom is -0.465 e. The van der Waals surface area contributed by atoms with Crippen LogP contribution in [0.4, 0.5) is 0 Å². The standard InChI is InChI=1S/C19H22NO6/c1-5-25-18(24)15-13(10-14(21)26-19(2,3)4)20-17(23)12-9-7-6-8-11(12)16(15)22/h6-9,15H,5,10H2,1-4H3,(H,20,23). The topological polar surface area (TPSA) is 98.8 Å². The van der Waals surface area contributed by atoms with Crippen LogP contribution in [0, 0.1) is 12.0 Å². The van der Waals surface area contributed by atoms with Gasteiger partial charge in [0, 0.05) is 5.56 Å². The molecule has 0 aliphatic carbocycles. The third-order valence-electron chi connectivity index (χ3n) is 3.60. The second-order valence-electron chi connectivity index (χ2n) is 6.84. The summed E-state index contributed by atoms with van der Waals surface area (Å²) < 4.78 is 10.2. The molecule has 1 unspecified atom stereocenters. The van der Waals surface area contributed by atoms with Crippen LogP contribution in [0.15, 0.2) is 24.3 Å². The smallest absolute Gasteiger partial charge is 0.319 e. The van der Waals surface area contributed by atoms with E-state index in [9.17, 15) is 19.2 Å². The van der Waals surface area contributed by atoms with E-state index in [1.54, 1.807) is 39.8 Å². The van der Waals surface area contributed by atoms with Gasteiger partial charge >= 0.3 is 11.9 Å². The Morgan fingerprint density at radius 2 is 1.73 bits per heavy atom. The Kier molecular flexibility index (Phi) is 5.79. The Hall–Kier alpha value is -2.70. The van der Waals surface area contributed by atoms with E-state index in [0.29, 0.717) is 0 Å². The molecule has 7 nitrogen and oxygen atoms in total. The van der Waals surface area contributed by atoms with Crippen LogP contribution in [0.25, 0.3) is 0 Å². The Balaban J connectivity index is 2.38. The third kappa shape index (κ3) is 4.47. The van der Waals surface area contributed by atoms with Crippen LogP contribution in [-0.4, -0.2) is 35.8 Å². The van der Waals surface area contributed by atoms with Gasteiger partial charge in [0.25, 0.3) is 5.91 Å². The quantitative estimate of drug-likeness (QED) is 0.652. The molecule has 1 aliphatic heterocycles. The zero-order valence-corrected chi connectivity index (χ0v) is 15.3. The summed E-state index contributed by atoms with van der Waals surface area (Å²) in [7, 11) is 0. The minimum atomic E-state index is -1.39. The van der Waals surface area contributed by atoms with Gasteiger partial charge in [0.05, 0.1) is 24.6 Å². The highest BCUT2D eigenvalue weighted by Crippen LogP contribution is 2.29. The van der Waals surface area contributed by atoms with Crippen molar-refractivity contribution in [2.75, 3.05) is 6.61 Å². The normalized spacial score (nSPS) is 17.8. The van der Waals surface area contributed by atoms with Crippen LogP contribution >= 0.6 is 0 Å². The number of ether oxygens (including phenoxy) is 2. The zero-order valence-electron chi connectivity index (χ0n) is 15.3. The van der Waals surface area contributed by atoms with Gasteiger partial charge in [-0.25, -0.2) is 0 Å². The lowest BCUT2D eigenvalue weighted by Gasteiger charge is -2.24. The number of carbonyl (C=O) groups is 4. The number of esters is 2. The molecule has 0 fully saturated rings. The minimum absolute atomic E-state index is 0.0381. The van der Waals surface area contributed by atoms with Crippen molar-refractivity contribution in [2.24, 2.45) is 5.92 Å². The van der Waals surface area contributed by atoms with Gasteiger partial charge in [0.1, 0.15) is 11.5 Å². The van der Waals surface area contributed by atoms with Gasteiger partial charge in [-0.1, -0.05) is 18.2 Å². The fraction of sp³-hybridized carbons (Fsp3) is 0.421. The van der Waals surface area contributed by atoms with E-state index in [2.05, 4.69) is 5.32 Å². The molecule has 1 radical (unpaired) electrons. The second-order valence-corrected chi connectivity index (χ2v) is 6.84. The Morgan fingerprint density at radius 1 is 1.12 bits per heavy atom. The summed E-state index contributed by atoms with van der Waals surface area (Å²) in [5.74, 6) is -4.00. The fourth-order valence-corrected chi connectivity index (χ4v) is 2.65. The molecule has 26 heavy (non-hydrogen) atoms. The van der Waals surface area contributed by atoms with Crippen molar-refractivity contribution < 1.29 is 28.7 Å². The summed E-state index contributed by atoms with van der Waals surface area (Å²) in [6.45, 7) is 6.78. The average molecular weight is 360 g/mol. The summed E-state index contributed by atoms with van der Waals surface area (Å²) in [6.07, 6.45) is -0.397. The highest BCUT2D eigenvalue weighted by molar-refractivity contribution is 6.18. The predicted molar refractivity (Wildman–Crippen MR) is 92.1 cm³/mol. The van der Waals surface area contributed by atoms with Gasteiger partial charge < -0.3 is 14.8 Å². The maximum absolute atomic E-state index is 12.9. The molecule has 0 bridgehead atoms. The summed E-state index contributed by atoms with van der Waals surface area (Å²) in [5.41, 5.74) is -0.480. The first kappa shape index (κ1) is 19.6. The van der Waals surface area contributed by atoms with Crippen molar-refractivity contribution in [1.82, 2.24) is 5.32 Å². The van der Waals surface area contributed by atoms with Crippen molar-refractivity contribution in [2.45, 2.75) is 39.7 Å². The number of fused-ring (bicyclic) bond motifs is 1. The summed E-state index contributed by atoms with van der Waals surface area (Å²) in [5, 5.41) is 2.53. The molecule has 1 aromatic rings. The largest absolute Gasteiger partial charge is 0.465 e. The van der Waals surface area contributed by atoms with Gasteiger partial charge in [-0.05, 0) is 33.8 Å². The van der Waals surface area contributed by atoms with Gasteiger partial charge in [-0.15, -0.1) is 0 Å². The first-order valence-electron chi connectivity index (χ1n) is 8.33. The van der Waals surface area contributed by atoms with Gasteiger partial charge in [-0.3, -0.25) is 19.2 Å². The van der Waals surface area contributed by atoms with Crippen molar-refractivity contribution >= 4 is 23.6 Å². The third-order valence-corrected chi connectivity index (χ3v) is 3.60. The van der Waals surface area contributed by atoms with E-state index < -0.39 is 41.6 Å². The van der Waals surface area contributed by atoms with Crippen LogP contribution in [0.3, 0.4) is 0 Å². The van der Waals surface area contributed by atoms with E-state index in [-0.39, 0.29) is 23.8 Å². The molecule has 7 heteroatoms. The number of hydrogen-bond acceptors (Lipinski definition) is 6. The number of ketones is 1. The number of Topliss-reactive ketones (excluding diaryl/α,β-unsaturated/α-hetero) is 1. The van der Waals surface area contributed by atoms with Gasteiger partial charge in [0.2, 0.25) is 0 Å². The van der Waals surface area contributed by atoms with E-state index in [1.165, 1.54) is 12.1 Å². The van der Waals surface area contributed by atoms with Crippen LogP contribution < -0.4 is 5.32 Å². The average Bonchev–Trinajstić information content (AvgIpc) is 2.62. The van der Waals surface area contributed by atoms with Crippen LogP contribution in [-0.2, 0) is 19.1 Å². The summed E-state index contributed by atoms with van der Waals surface area (Å²) >= 11 is 0. The molecule has 1 amide bonds. The summed E-state index contributed by atoms with van der Waals surface area (Å²) in [4.78, 5) is 50.0. The SMILES string of the molecule is CCOC(=O)C1[C](CC(=O)OC(C)(C)C)NC(=O)c2ccccc2C1=O. The van der Waals surface area contributed by atoms with Gasteiger partial charge in [-0.2, -0.15) is 0 Å². The van der Waals surface area contributed by atoms with E-state index in [1.807, 2.05) is 0 Å². The molecular weight excluding hydrogens is 338 g/mol. The number of nitrogens with one attached hydrogen (secondary N) is 1. The Labute approximate surface area is 152 Å². The molecule has 1 aromatic carbocycles. The summed E-state index contributed by atoms with van der Waals surface area (Å²) in [6, 6.07) is 6.14. The van der Waals surface area contributed by atoms with Crippen LogP contribution in [0.2, 0.25) is 0 Å². The molecule has 2 rings (SSSR count). The van der Waals surface area contributed by atoms with E-state index in [4.69, 9.17) is 9.47 Å². The molecule has 1 heterocycles.